The molecule has 3 aromatic rings. The summed E-state index contributed by atoms with van der Waals surface area (Å²) in [6.07, 6.45) is 3.21. The van der Waals surface area contributed by atoms with Crippen LogP contribution in [-0.2, 0) is 38.2 Å². The van der Waals surface area contributed by atoms with Crippen LogP contribution in [-0.4, -0.2) is 68.9 Å². The molecule has 0 saturated carbocycles. The van der Waals surface area contributed by atoms with Crippen LogP contribution in [0.25, 0.3) is 0 Å². The van der Waals surface area contributed by atoms with Crippen molar-refractivity contribution in [1.82, 2.24) is 14.5 Å². The molecular formula is C27H32ClN3O6S. The van der Waals surface area contributed by atoms with Crippen molar-refractivity contribution in [3.63, 3.8) is 0 Å². The lowest BCUT2D eigenvalue weighted by Gasteiger charge is -2.26. The predicted octanol–water partition coefficient (Wildman–Crippen LogP) is 3.99. The fourth-order valence-corrected chi connectivity index (χ4v) is 6.18. The van der Waals surface area contributed by atoms with E-state index in [-0.39, 0.29) is 42.6 Å². The fraction of sp³-hybridized carbons (Fsp3) is 0.407. The van der Waals surface area contributed by atoms with Crippen molar-refractivity contribution >= 4 is 27.3 Å². The van der Waals surface area contributed by atoms with Crippen LogP contribution in [0.1, 0.15) is 34.5 Å². The van der Waals surface area contributed by atoms with E-state index in [1.807, 2.05) is 0 Å². The Labute approximate surface area is 228 Å². The molecule has 1 aromatic heterocycles. The van der Waals surface area contributed by atoms with Crippen LogP contribution in [0.3, 0.4) is 0 Å². The lowest BCUT2D eigenvalue weighted by Crippen LogP contribution is -2.37. The maximum atomic E-state index is 13.5. The molecule has 0 radical (unpaired) electrons. The first kappa shape index (κ1) is 28.1. The molecule has 11 heteroatoms. The number of nitrogens with zero attached hydrogens (tertiary/aromatic N) is 3. The number of ether oxygens (including phenoxy) is 3. The van der Waals surface area contributed by atoms with Crippen LogP contribution in [0, 0.1) is 0 Å². The number of methoxy groups -OCH3 is 2. The first-order chi connectivity index (χ1) is 18.3. The highest BCUT2D eigenvalue weighted by molar-refractivity contribution is 7.90. The van der Waals surface area contributed by atoms with E-state index >= 15 is 0 Å². The van der Waals surface area contributed by atoms with Gasteiger partial charge in [0.25, 0.3) is 5.91 Å². The molecule has 0 N–H and O–H groups in total. The van der Waals surface area contributed by atoms with Gasteiger partial charge in [-0.3, -0.25) is 4.79 Å². The Bertz CT molecular complexity index is 1350. The number of amides is 1. The van der Waals surface area contributed by atoms with E-state index in [0.29, 0.717) is 40.7 Å². The highest BCUT2D eigenvalue weighted by Gasteiger charge is 2.28. The highest BCUT2D eigenvalue weighted by atomic mass is 35.5. The molecule has 0 spiro atoms. The van der Waals surface area contributed by atoms with Crippen LogP contribution in [0.5, 0.6) is 5.75 Å². The van der Waals surface area contributed by atoms with Gasteiger partial charge < -0.3 is 23.7 Å². The van der Waals surface area contributed by atoms with E-state index in [4.69, 9.17) is 25.8 Å². The number of aromatic nitrogens is 2. The Morgan fingerprint density at radius 2 is 2.03 bits per heavy atom. The lowest BCUT2D eigenvalue weighted by molar-refractivity contribution is 0.0500. The van der Waals surface area contributed by atoms with Crippen molar-refractivity contribution in [1.29, 1.82) is 0 Å². The third-order valence-electron chi connectivity index (χ3n) is 6.35. The van der Waals surface area contributed by atoms with Crippen molar-refractivity contribution in [3.05, 3.63) is 76.6 Å². The molecule has 0 bridgehead atoms. The average molecular weight is 562 g/mol. The minimum Gasteiger partial charge on any atom is -0.497 e. The maximum Gasteiger partial charge on any atom is 0.254 e. The molecule has 1 aliphatic heterocycles. The summed E-state index contributed by atoms with van der Waals surface area (Å²) in [4.78, 5) is 19.5. The number of carbonyl (C=O) groups is 1. The third-order valence-corrected chi connectivity index (χ3v) is 8.18. The number of rotatable bonds is 12. The quantitative estimate of drug-likeness (QED) is 0.330. The zero-order chi connectivity index (χ0) is 27.1. The molecule has 38 heavy (non-hydrogen) atoms. The minimum atomic E-state index is -3.82. The first-order valence-electron chi connectivity index (χ1n) is 12.4. The largest absolute Gasteiger partial charge is 0.497 e. The smallest absolute Gasteiger partial charge is 0.254 e. The van der Waals surface area contributed by atoms with Crippen LogP contribution >= 0.6 is 11.6 Å². The van der Waals surface area contributed by atoms with E-state index in [2.05, 4.69) is 4.98 Å². The first-order valence-corrected chi connectivity index (χ1v) is 14.4. The van der Waals surface area contributed by atoms with Gasteiger partial charge in [-0.05, 0) is 48.7 Å². The van der Waals surface area contributed by atoms with Crippen LogP contribution in [0.15, 0.2) is 59.9 Å². The van der Waals surface area contributed by atoms with Crippen molar-refractivity contribution in [2.75, 3.05) is 34.0 Å². The van der Waals surface area contributed by atoms with E-state index < -0.39 is 9.84 Å². The van der Waals surface area contributed by atoms with Crippen LogP contribution in [0.4, 0.5) is 0 Å². The number of benzene rings is 2. The molecule has 1 fully saturated rings. The molecule has 0 unspecified atom stereocenters. The molecule has 1 aliphatic rings. The Balaban J connectivity index is 1.65. The molecule has 204 valence electrons. The molecule has 9 nitrogen and oxygen atoms in total. The summed E-state index contributed by atoms with van der Waals surface area (Å²) in [5.41, 5.74) is 1.62. The highest BCUT2D eigenvalue weighted by Crippen LogP contribution is 2.23. The zero-order valence-electron chi connectivity index (χ0n) is 21.5. The number of hydrogen-bond donors (Lipinski definition) is 0. The second-order valence-corrected chi connectivity index (χ2v) is 11.4. The Hall–Kier alpha value is -2.92. The lowest BCUT2D eigenvalue weighted by atomic mass is 10.1. The van der Waals surface area contributed by atoms with Gasteiger partial charge in [0, 0.05) is 37.4 Å². The summed E-state index contributed by atoms with van der Waals surface area (Å²) in [5, 5.41) is 0.392. The summed E-state index contributed by atoms with van der Waals surface area (Å²) in [6, 6.07) is 13.7. The Morgan fingerprint density at radius 1 is 1.21 bits per heavy atom. The van der Waals surface area contributed by atoms with Gasteiger partial charge in [0.05, 0.1) is 44.0 Å². The second-order valence-electron chi connectivity index (χ2n) is 9.12. The number of hydrogen-bond acceptors (Lipinski definition) is 7. The summed E-state index contributed by atoms with van der Waals surface area (Å²) in [5.74, 6) is 0.114. The van der Waals surface area contributed by atoms with Gasteiger partial charge in [0.1, 0.15) is 5.75 Å². The molecule has 1 atom stereocenters. The van der Waals surface area contributed by atoms with Crippen LogP contribution in [0.2, 0.25) is 5.02 Å². The SMILES string of the molecule is COCCn1c(CN(C[C@H]2CCCO2)C(=O)c2cccc(Cl)c2)cnc1S(=O)(=O)Cc1cccc(OC)c1. The maximum absolute atomic E-state index is 13.5. The summed E-state index contributed by atoms with van der Waals surface area (Å²) in [7, 11) is -0.738. The summed E-state index contributed by atoms with van der Waals surface area (Å²) >= 11 is 6.15. The number of halogens is 1. The van der Waals surface area contributed by atoms with Crippen molar-refractivity contribution < 1.29 is 27.4 Å². The minimum absolute atomic E-state index is 0.0698. The van der Waals surface area contributed by atoms with Gasteiger partial charge in [0.15, 0.2) is 0 Å². The van der Waals surface area contributed by atoms with E-state index in [1.165, 1.54) is 13.3 Å². The predicted molar refractivity (Wildman–Crippen MR) is 143 cm³/mol. The van der Waals surface area contributed by atoms with Gasteiger partial charge >= 0.3 is 0 Å². The van der Waals surface area contributed by atoms with Gasteiger partial charge in [-0.25, -0.2) is 13.4 Å². The van der Waals surface area contributed by atoms with Crippen molar-refractivity contribution in [2.45, 2.75) is 42.9 Å². The summed E-state index contributed by atoms with van der Waals surface area (Å²) in [6.45, 7) is 1.71. The molecule has 0 aliphatic carbocycles. The number of carbonyl (C=O) groups excluding carboxylic acids is 1. The van der Waals surface area contributed by atoms with Gasteiger partial charge in [-0.15, -0.1) is 0 Å². The number of imidazole rings is 1. The normalized spacial score (nSPS) is 15.5. The van der Waals surface area contributed by atoms with E-state index in [1.54, 1.807) is 65.1 Å². The Morgan fingerprint density at radius 3 is 2.74 bits per heavy atom. The van der Waals surface area contributed by atoms with Gasteiger partial charge in [-0.2, -0.15) is 0 Å². The molecule has 2 aromatic carbocycles. The molecule has 1 amide bonds. The molecular weight excluding hydrogens is 530 g/mol. The zero-order valence-corrected chi connectivity index (χ0v) is 23.1. The second kappa shape index (κ2) is 12.8. The third kappa shape index (κ3) is 6.93. The van der Waals surface area contributed by atoms with Crippen molar-refractivity contribution in [3.8, 4) is 5.75 Å². The monoisotopic (exact) mass is 561 g/mol. The average Bonchev–Trinajstić information content (AvgIpc) is 3.57. The molecule has 2 heterocycles. The van der Waals surface area contributed by atoms with Crippen LogP contribution < -0.4 is 4.74 Å². The van der Waals surface area contributed by atoms with Gasteiger partial charge in [0.2, 0.25) is 15.0 Å². The molecule has 4 rings (SSSR count). The van der Waals surface area contributed by atoms with Crippen molar-refractivity contribution in [2.24, 2.45) is 0 Å². The Kier molecular flexibility index (Phi) is 9.43. The number of sulfone groups is 1. The van der Waals surface area contributed by atoms with E-state index in [0.717, 1.165) is 12.8 Å². The standard InChI is InChI=1S/C27H32ClN3O6S/c1-35-13-11-31-23(16-29-27(31)38(33,34)19-20-6-3-9-24(14-20)36-2)17-30(18-25-10-5-12-37-25)26(32)21-7-4-8-22(28)15-21/h3-4,6-9,14-16,25H,5,10-13,17-19H2,1-2H3/t25-/m1/s1. The van der Waals surface area contributed by atoms with Gasteiger partial charge in [-0.1, -0.05) is 29.8 Å². The topological polar surface area (TPSA) is 100.0 Å². The summed E-state index contributed by atoms with van der Waals surface area (Å²) < 4.78 is 44.9. The van der Waals surface area contributed by atoms with E-state index in [9.17, 15) is 13.2 Å². The fourth-order valence-electron chi connectivity index (χ4n) is 4.49. The molecule has 1 saturated heterocycles.